The SMILES string of the molecule is COc1cc(C(C)C)ccc1CC(=O)NCc1ccc2c(c1)OCO2. The number of nitrogens with one attached hydrogen (secondary N) is 1. The highest BCUT2D eigenvalue weighted by Crippen LogP contribution is 2.32. The molecule has 5 heteroatoms. The van der Waals surface area contributed by atoms with E-state index in [-0.39, 0.29) is 19.1 Å². The molecule has 0 atom stereocenters. The van der Waals surface area contributed by atoms with Crippen molar-refractivity contribution in [3.8, 4) is 17.2 Å². The van der Waals surface area contributed by atoms with E-state index in [0.29, 0.717) is 12.5 Å². The minimum atomic E-state index is -0.0479. The molecule has 0 saturated carbocycles. The van der Waals surface area contributed by atoms with E-state index in [1.54, 1.807) is 7.11 Å². The molecule has 1 aliphatic rings. The number of methoxy groups -OCH3 is 1. The van der Waals surface area contributed by atoms with Crippen molar-refractivity contribution in [2.45, 2.75) is 32.7 Å². The van der Waals surface area contributed by atoms with E-state index in [2.05, 4.69) is 19.2 Å². The van der Waals surface area contributed by atoms with Crippen molar-refractivity contribution in [1.29, 1.82) is 0 Å². The minimum Gasteiger partial charge on any atom is -0.496 e. The summed E-state index contributed by atoms with van der Waals surface area (Å²) in [5.41, 5.74) is 3.05. The van der Waals surface area contributed by atoms with Gasteiger partial charge in [-0.3, -0.25) is 4.79 Å². The molecule has 2 aromatic rings. The highest BCUT2D eigenvalue weighted by molar-refractivity contribution is 5.79. The number of ether oxygens (including phenoxy) is 3. The number of rotatable bonds is 6. The standard InChI is InChI=1S/C20H23NO4/c1-13(2)15-5-6-16(18(9-15)23-3)10-20(22)21-11-14-4-7-17-19(8-14)25-12-24-17/h4-9,13H,10-12H2,1-3H3,(H,21,22). The Labute approximate surface area is 147 Å². The van der Waals surface area contributed by atoms with E-state index in [1.807, 2.05) is 36.4 Å². The van der Waals surface area contributed by atoms with Crippen LogP contribution in [-0.4, -0.2) is 19.8 Å². The topological polar surface area (TPSA) is 56.8 Å². The number of hydrogen-bond acceptors (Lipinski definition) is 4. The quantitative estimate of drug-likeness (QED) is 0.875. The van der Waals surface area contributed by atoms with Crippen molar-refractivity contribution in [3.63, 3.8) is 0 Å². The average Bonchev–Trinajstić information content (AvgIpc) is 3.07. The first-order valence-corrected chi connectivity index (χ1v) is 8.39. The third kappa shape index (κ3) is 4.05. The van der Waals surface area contributed by atoms with Crippen LogP contribution in [0, 0.1) is 0 Å². The van der Waals surface area contributed by atoms with Gasteiger partial charge in [-0.15, -0.1) is 0 Å². The van der Waals surface area contributed by atoms with Gasteiger partial charge in [0.15, 0.2) is 11.5 Å². The summed E-state index contributed by atoms with van der Waals surface area (Å²) < 4.78 is 16.1. The van der Waals surface area contributed by atoms with Crippen LogP contribution in [0.15, 0.2) is 36.4 Å². The number of fused-ring (bicyclic) bond motifs is 1. The van der Waals surface area contributed by atoms with Gasteiger partial charge >= 0.3 is 0 Å². The molecule has 5 nitrogen and oxygen atoms in total. The fourth-order valence-electron chi connectivity index (χ4n) is 2.75. The monoisotopic (exact) mass is 341 g/mol. The molecule has 0 fully saturated rings. The van der Waals surface area contributed by atoms with Gasteiger partial charge in [0.1, 0.15) is 5.75 Å². The van der Waals surface area contributed by atoms with Gasteiger partial charge in [-0.1, -0.05) is 32.0 Å². The smallest absolute Gasteiger partial charge is 0.231 e. The lowest BCUT2D eigenvalue weighted by Crippen LogP contribution is -2.24. The Morgan fingerprint density at radius 2 is 1.96 bits per heavy atom. The third-order valence-electron chi connectivity index (χ3n) is 4.26. The average molecular weight is 341 g/mol. The Balaban J connectivity index is 1.61. The summed E-state index contributed by atoms with van der Waals surface area (Å²) in [6.07, 6.45) is 0.284. The molecule has 0 unspecified atom stereocenters. The van der Waals surface area contributed by atoms with Crippen molar-refractivity contribution in [2.24, 2.45) is 0 Å². The van der Waals surface area contributed by atoms with Crippen molar-refractivity contribution < 1.29 is 19.0 Å². The van der Waals surface area contributed by atoms with Crippen molar-refractivity contribution >= 4 is 5.91 Å². The summed E-state index contributed by atoms with van der Waals surface area (Å²) in [5, 5.41) is 2.94. The molecule has 0 aromatic heterocycles. The lowest BCUT2D eigenvalue weighted by molar-refractivity contribution is -0.120. The minimum absolute atomic E-state index is 0.0479. The van der Waals surface area contributed by atoms with E-state index in [4.69, 9.17) is 14.2 Å². The molecule has 1 aliphatic heterocycles. The first-order valence-electron chi connectivity index (χ1n) is 8.39. The number of benzene rings is 2. The zero-order chi connectivity index (χ0) is 17.8. The van der Waals surface area contributed by atoms with Gasteiger partial charge in [0, 0.05) is 12.1 Å². The molecule has 2 aromatic carbocycles. The fraction of sp³-hybridized carbons (Fsp3) is 0.350. The maximum Gasteiger partial charge on any atom is 0.231 e. The maximum atomic E-state index is 12.3. The molecular formula is C20H23NO4. The van der Waals surface area contributed by atoms with Crippen LogP contribution in [0.5, 0.6) is 17.2 Å². The summed E-state index contributed by atoms with van der Waals surface area (Å²) in [6, 6.07) is 11.7. The van der Waals surface area contributed by atoms with Crippen molar-refractivity contribution in [3.05, 3.63) is 53.1 Å². The molecule has 1 heterocycles. The van der Waals surface area contributed by atoms with E-state index in [0.717, 1.165) is 28.4 Å². The Morgan fingerprint density at radius 3 is 2.72 bits per heavy atom. The molecule has 132 valence electrons. The Kier molecular flexibility index (Phi) is 5.12. The highest BCUT2D eigenvalue weighted by atomic mass is 16.7. The van der Waals surface area contributed by atoms with Crippen LogP contribution in [0.1, 0.15) is 36.5 Å². The summed E-state index contributed by atoms with van der Waals surface area (Å²) in [7, 11) is 1.63. The van der Waals surface area contributed by atoms with Crippen LogP contribution in [0.3, 0.4) is 0 Å². The maximum absolute atomic E-state index is 12.3. The zero-order valence-corrected chi connectivity index (χ0v) is 14.8. The second kappa shape index (κ2) is 7.47. The summed E-state index contributed by atoms with van der Waals surface area (Å²) in [6.45, 7) is 4.96. The molecule has 0 radical (unpaired) electrons. The largest absolute Gasteiger partial charge is 0.496 e. The molecular weight excluding hydrogens is 318 g/mol. The van der Waals surface area contributed by atoms with Crippen molar-refractivity contribution in [2.75, 3.05) is 13.9 Å². The summed E-state index contributed by atoms with van der Waals surface area (Å²) in [5.74, 6) is 2.59. The first kappa shape index (κ1) is 17.1. The predicted octanol–water partition coefficient (Wildman–Crippen LogP) is 3.41. The molecule has 0 aliphatic carbocycles. The normalized spacial score (nSPS) is 12.3. The number of carbonyl (C=O) groups is 1. The van der Waals surface area contributed by atoms with Crippen LogP contribution in [0.2, 0.25) is 0 Å². The fourth-order valence-corrected chi connectivity index (χ4v) is 2.75. The zero-order valence-electron chi connectivity index (χ0n) is 14.8. The van der Waals surface area contributed by atoms with E-state index in [1.165, 1.54) is 5.56 Å². The van der Waals surface area contributed by atoms with E-state index >= 15 is 0 Å². The third-order valence-corrected chi connectivity index (χ3v) is 4.26. The van der Waals surface area contributed by atoms with Gasteiger partial charge in [-0.25, -0.2) is 0 Å². The second-order valence-corrected chi connectivity index (χ2v) is 6.37. The lowest BCUT2D eigenvalue weighted by Gasteiger charge is -2.13. The van der Waals surface area contributed by atoms with Gasteiger partial charge in [0.05, 0.1) is 13.5 Å². The van der Waals surface area contributed by atoms with Crippen LogP contribution in [-0.2, 0) is 17.8 Å². The van der Waals surface area contributed by atoms with Crippen LogP contribution >= 0.6 is 0 Å². The first-order chi connectivity index (χ1) is 12.1. The molecule has 25 heavy (non-hydrogen) atoms. The molecule has 0 bridgehead atoms. The molecule has 0 spiro atoms. The van der Waals surface area contributed by atoms with Gasteiger partial charge in [-0.05, 0) is 35.2 Å². The second-order valence-electron chi connectivity index (χ2n) is 6.37. The van der Waals surface area contributed by atoms with E-state index in [9.17, 15) is 4.79 Å². The van der Waals surface area contributed by atoms with E-state index < -0.39 is 0 Å². The summed E-state index contributed by atoms with van der Waals surface area (Å²) in [4.78, 5) is 12.3. The molecule has 0 saturated heterocycles. The van der Waals surface area contributed by atoms with Crippen LogP contribution < -0.4 is 19.5 Å². The Morgan fingerprint density at radius 1 is 1.16 bits per heavy atom. The van der Waals surface area contributed by atoms with Gasteiger partial charge in [0.2, 0.25) is 12.7 Å². The number of hydrogen-bond donors (Lipinski definition) is 1. The predicted molar refractivity (Wildman–Crippen MR) is 95.2 cm³/mol. The highest BCUT2D eigenvalue weighted by Gasteiger charge is 2.14. The molecule has 1 N–H and O–H groups in total. The van der Waals surface area contributed by atoms with Crippen LogP contribution in [0.25, 0.3) is 0 Å². The van der Waals surface area contributed by atoms with Gasteiger partial charge in [0.25, 0.3) is 0 Å². The van der Waals surface area contributed by atoms with Crippen LogP contribution in [0.4, 0.5) is 0 Å². The lowest BCUT2D eigenvalue weighted by atomic mass is 9.99. The Bertz CT molecular complexity index is 770. The number of amides is 1. The molecule has 3 rings (SSSR count). The Hall–Kier alpha value is -2.69. The van der Waals surface area contributed by atoms with Gasteiger partial charge < -0.3 is 19.5 Å². The molecule has 1 amide bonds. The number of carbonyl (C=O) groups excluding carboxylic acids is 1. The van der Waals surface area contributed by atoms with Gasteiger partial charge in [-0.2, -0.15) is 0 Å². The van der Waals surface area contributed by atoms with Crippen molar-refractivity contribution in [1.82, 2.24) is 5.32 Å². The summed E-state index contributed by atoms with van der Waals surface area (Å²) >= 11 is 0.